The van der Waals surface area contributed by atoms with Crippen LogP contribution in [0.1, 0.15) is 38.3 Å². The van der Waals surface area contributed by atoms with Gasteiger partial charge in [0, 0.05) is 6.54 Å². The summed E-state index contributed by atoms with van der Waals surface area (Å²) in [4.78, 5) is 8.35. The Hall–Kier alpha value is -1.16. The normalized spacial score (nSPS) is 24.6. The van der Waals surface area contributed by atoms with Gasteiger partial charge in [0.1, 0.15) is 0 Å². The van der Waals surface area contributed by atoms with E-state index in [0.29, 0.717) is 18.3 Å². The number of nitrogens with zero attached hydrogens (tertiary/aromatic N) is 2. The number of hydrogen-bond donors (Lipinski definition) is 1. The molecule has 0 spiro atoms. The Morgan fingerprint density at radius 1 is 1.35 bits per heavy atom. The molecule has 1 aliphatic carbocycles. The van der Waals surface area contributed by atoms with E-state index in [0.717, 1.165) is 18.2 Å². The maximum atomic E-state index is 5.68. The zero-order valence-electron chi connectivity index (χ0n) is 10.4. The van der Waals surface area contributed by atoms with Crippen LogP contribution in [0.2, 0.25) is 0 Å². The van der Waals surface area contributed by atoms with E-state index in [2.05, 4.69) is 16.9 Å². The molecule has 17 heavy (non-hydrogen) atoms. The molecule has 1 fully saturated rings. The third-order valence-electron chi connectivity index (χ3n) is 3.40. The summed E-state index contributed by atoms with van der Waals surface area (Å²) in [6.45, 7) is 3.51. The lowest BCUT2D eigenvalue weighted by molar-refractivity contribution is 0.177. The molecular weight excluding hydrogens is 214 g/mol. The molecule has 1 aliphatic rings. The Morgan fingerprint density at radius 2 is 2.24 bits per heavy atom. The second kappa shape index (κ2) is 5.96. The van der Waals surface area contributed by atoms with E-state index in [4.69, 9.17) is 10.5 Å². The van der Waals surface area contributed by atoms with Gasteiger partial charge in [0.15, 0.2) is 0 Å². The molecule has 4 heteroatoms. The van der Waals surface area contributed by atoms with Gasteiger partial charge < -0.3 is 10.5 Å². The fourth-order valence-corrected chi connectivity index (χ4v) is 2.44. The molecule has 2 rings (SSSR count). The van der Waals surface area contributed by atoms with Crippen LogP contribution in [0, 0.1) is 11.8 Å². The van der Waals surface area contributed by atoms with Crippen LogP contribution in [-0.4, -0.2) is 16.6 Å². The highest BCUT2D eigenvalue weighted by Gasteiger charge is 2.19. The molecule has 1 aromatic heterocycles. The minimum absolute atomic E-state index is 0.424. The second-order valence-electron chi connectivity index (χ2n) is 5.00. The summed E-state index contributed by atoms with van der Waals surface area (Å²) in [7, 11) is 0. The van der Waals surface area contributed by atoms with Gasteiger partial charge in [-0.1, -0.05) is 19.8 Å². The average Bonchev–Trinajstić information content (AvgIpc) is 2.37. The van der Waals surface area contributed by atoms with Crippen LogP contribution in [0.25, 0.3) is 0 Å². The Labute approximate surface area is 103 Å². The predicted octanol–water partition coefficient (Wildman–Crippen LogP) is 2.14. The van der Waals surface area contributed by atoms with Crippen molar-refractivity contribution in [1.29, 1.82) is 0 Å². The third kappa shape index (κ3) is 3.66. The quantitative estimate of drug-likeness (QED) is 0.868. The zero-order chi connectivity index (χ0) is 12.1. The number of rotatable bonds is 4. The molecule has 0 radical (unpaired) electrons. The minimum atomic E-state index is 0.424. The molecular formula is C13H21N3O. The lowest BCUT2D eigenvalue weighted by Gasteiger charge is -2.26. The van der Waals surface area contributed by atoms with E-state index in [1.807, 2.05) is 0 Å². The second-order valence-corrected chi connectivity index (χ2v) is 5.00. The summed E-state index contributed by atoms with van der Waals surface area (Å²) >= 11 is 0. The Balaban J connectivity index is 1.80. The highest BCUT2D eigenvalue weighted by Crippen LogP contribution is 2.28. The largest absolute Gasteiger partial charge is 0.476 e. The lowest BCUT2D eigenvalue weighted by Crippen LogP contribution is -2.20. The number of aromatic nitrogens is 2. The average molecular weight is 235 g/mol. The van der Waals surface area contributed by atoms with Gasteiger partial charge in [-0.3, -0.25) is 4.98 Å². The highest BCUT2D eigenvalue weighted by atomic mass is 16.5. The minimum Gasteiger partial charge on any atom is -0.476 e. The summed E-state index contributed by atoms with van der Waals surface area (Å²) in [5, 5.41) is 0. The van der Waals surface area contributed by atoms with E-state index in [1.54, 1.807) is 12.4 Å². The van der Waals surface area contributed by atoms with Gasteiger partial charge in [-0.15, -0.1) is 0 Å². The molecule has 4 nitrogen and oxygen atoms in total. The first kappa shape index (κ1) is 12.3. The van der Waals surface area contributed by atoms with E-state index in [9.17, 15) is 0 Å². The van der Waals surface area contributed by atoms with Crippen LogP contribution in [0.5, 0.6) is 5.88 Å². The number of hydrogen-bond acceptors (Lipinski definition) is 4. The molecule has 0 bridgehead atoms. The van der Waals surface area contributed by atoms with Crippen LogP contribution >= 0.6 is 0 Å². The van der Waals surface area contributed by atoms with Crippen molar-refractivity contribution in [2.75, 3.05) is 6.61 Å². The van der Waals surface area contributed by atoms with E-state index >= 15 is 0 Å². The van der Waals surface area contributed by atoms with Crippen LogP contribution in [-0.2, 0) is 6.54 Å². The van der Waals surface area contributed by atoms with Crippen molar-refractivity contribution in [1.82, 2.24) is 9.97 Å². The molecule has 0 saturated heterocycles. The summed E-state index contributed by atoms with van der Waals surface area (Å²) in [6, 6.07) is 0. The molecule has 2 atom stereocenters. The topological polar surface area (TPSA) is 61.0 Å². The summed E-state index contributed by atoms with van der Waals surface area (Å²) in [6.07, 6.45) is 8.58. The number of nitrogens with two attached hydrogens (primary N) is 1. The van der Waals surface area contributed by atoms with Crippen LogP contribution < -0.4 is 10.5 Å². The van der Waals surface area contributed by atoms with Gasteiger partial charge >= 0.3 is 0 Å². The molecule has 1 saturated carbocycles. The van der Waals surface area contributed by atoms with Crippen LogP contribution in [0.15, 0.2) is 12.4 Å². The molecule has 2 unspecified atom stereocenters. The van der Waals surface area contributed by atoms with Gasteiger partial charge in [-0.2, -0.15) is 0 Å². The molecule has 1 heterocycles. The predicted molar refractivity (Wildman–Crippen MR) is 66.5 cm³/mol. The van der Waals surface area contributed by atoms with E-state index in [-0.39, 0.29) is 0 Å². The van der Waals surface area contributed by atoms with Crippen LogP contribution in [0.3, 0.4) is 0 Å². The van der Waals surface area contributed by atoms with Gasteiger partial charge in [0.05, 0.1) is 24.7 Å². The maximum Gasteiger partial charge on any atom is 0.232 e. The first-order valence-electron chi connectivity index (χ1n) is 6.41. The molecule has 0 aliphatic heterocycles. The molecule has 2 N–H and O–H groups in total. The number of ether oxygens (including phenoxy) is 1. The van der Waals surface area contributed by atoms with Crippen molar-refractivity contribution in [2.24, 2.45) is 17.6 Å². The van der Waals surface area contributed by atoms with E-state index < -0.39 is 0 Å². The highest BCUT2D eigenvalue weighted by molar-refractivity contribution is 5.06. The van der Waals surface area contributed by atoms with Crippen molar-refractivity contribution in [2.45, 2.75) is 39.2 Å². The molecule has 0 aromatic carbocycles. The summed E-state index contributed by atoms with van der Waals surface area (Å²) < 4.78 is 5.68. The first-order valence-corrected chi connectivity index (χ1v) is 6.41. The van der Waals surface area contributed by atoms with Crippen molar-refractivity contribution in [3.8, 4) is 5.88 Å². The van der Waals surface area contributed by atoms with Crippen molar-refractivity contribution in [3.63, 3.8) is 0 Å². The molecule has 1 aromatic rings. The maximum absolute atomic E-state index is 5.68. The molecule has 0 amide bonds. The lowest BCUT2D eigenvalue weighted by atomic mass is 9.83. The smallest absolute Gasteiger partial charge is 0.232 e. The Morgan fingerprint density at radius 3 is 2.88 bits per heavy atom. The third-order valence-corrected chi connectivity index (χ3v) is 3.40. The summed E-state index contributed by atoms with van der Waals surface area (Å²) in [5.41, 5.74) is 6.26. The Kier molecular flexibility index (Phi) is 4.31. The van der Waals surface area contributed by atoms with Gasteiger partial charge in [0.2, 0.25) is 5.88 Å². The van der Waals surface area contributed by atoms with Crippen LogP contribution in [0.4, 0.5) is 0 Å². The van der Waals surface area contributed by atoms with Gasteiger partial charge in [-0.25, -0.2) is 4.98 Å². The van der Waals surface area contributed by atoms with Gasteiger partial charge in [-0.05, 0) is 24.7 Å². The standard InChI is InChI=1S/C13H21N3O/c1-10-3-2-4-11(5-10)9-17-13-8-15-12(6-14)7-16-13/h7-8,10-11H,2-6,9,14H2,1H3. The SMILES string of the molecule is CC1CCCC(COc2cnc(CN)cn2)C1. The monoisotopic (exact) mass is 235 g/mol. The fraction of sp³-hybridized carbons (Fsp3) is 0.692. The first-order chi connectivity index (χ1) is 8.28. The zero-order valence-corrected chi connectivity index (χ0v) is 10.4. The fourth-order valence-electron chi connectivity index (χ4n) is 2.44. The van der Waals surface area contributed by atoms with E-state index in [1.165, 1.54) is 25.7 Å². The van der Waals surface area contributed by atoms with Crippen molar-refractivity contribution in [3.05, 3.63) is 18.1 Å². The summed E-state index contributed by atoms with van der Waals surface area (Å²) in [5.74, 6) is 2.12. The molecule has 94 valence electrons. The Bertz CT molecular complexity index is 339. The van der Waals surface area contributed by atoms with Gasteiger partial charge in [0.25, 0.3) is 0 Å². The van der Waals surface area contributed by atoms with Crippen molar-refractivity contribution < 1.29 is 4.74 Å². The van der Waals surface area contributed by atoms with Crippen molar-refractivity contribution >= 4 is 0 Å².